The summed E-state index contributed by atoms with van der Waals surface area (Å²) in [5.41, 5.74) is 2.48. The molecule has 0 spiro atoms. The van der Waals surface area contributed by atoms with Crippen molar-refractivity contribution in [2.75, 3.05) is 10.5 Å². The standard InChI is InChI=1S/C25H19F2N5O2S/c1-2-9-35(34)32-20-6-4-18(26)22(23(20)27)24(33)17-13-31-25-16(17)10-15(12-30-25)14-3-5-19-21(11-14)29-8-7-28-19/h3-8,10-13,32H,2,9H2,1H3,(H,30,31). The highest BCUT2D eigenvalue weighted by atomic mass is 32.2. The lowest BCUT2D eigenvalue weighted by Gasteiger charge is -2.10. The first-order valence-corrected chi connectivity index (χ1v) is 12.1. The summed E-state index contributed by atoms with van der Waals surface area (Å²) in [5.74, 6) is -2.66. The van der Waals surface area contributed by atoms with Crippen molar-refractivity contribution in [2.45, 2.75) is 13.3 Å². The van der Waals surface area contributed by atoms with E-state index in [1.165, 1.54) is 6.20 Å². The van der Waals surface area contributed by atoms with Crippen molar-refractivity contribution in [3.05, 3.63) is 83.9 Å². The van der Waals surface area contributed by atoms with Gasteiger partial charge < -0.3 is 9.71 Å². The molecular formula is C25H19F2N5O2S. The summed E-state index contributed by atoms with van der Waals surface area (Å²) in [6.45, 7) is 1.83. The molecule has 10 heteroatoms. The summed E-state index contributed by atoms with van der Waals surface area (Å²) in [4.78, 5) is 29.1. The van der Waals surface area contributed by atoms with Gasteiger partial charge in [-0.15, -0.1) is 0 Å². The number of carbonyl (C=O) groups excluding carboxylic acids is 1. The molecule has 35 heavy (non-hydrogen) atoms. The van der Waals surface area contributed by atoms with E-state index in [1.54, 1.807) is 24.7 Å². The van der Waals surface area contributed by atoms with Crippen LogP contribution in [0.3, 0.4) is 0 Å². The number of nitrogens with zero attached hydrogens (tertiary/aromatic N) is 3. The fourth-order valence-electron chi connectivity index (χ4n) is 3.83. The maximum Gasteiger partial charge on any atom is 0.201 e. The number of benzene rings is 2. The van der Waals surface area contributed by atoms with Crippen LogP contribution in [0.2, 0.25) is 0 Å². The molecule has 176 valence electrons. The molecule has 7 nitrogen and oxygen atoms in total. The quantitative estimate of drug-likeness (QED) is 0.306. The minimum absolute atomic E-state index is 0.0690. The maximum atomic E-state index is 15.2. The molecule has 0 amide bonds. The van der Waals surface area contributed by atoms with Gasteiger partial charge in [0, 0.05) is 47.1 Å². The van der Waals surface area contributed by atoms with Crippen LogP contribution in [-0.4, -0.2) is 35.7 Å². The highest BCUT2D eigenvalue weighted by Gasteiger charge is 2.25. The van der Waals surface area contributed by atoms with Crippen molar-refractivity contribution in [1.82, 2.24) is 19.9 Å². The zero-order valence-corrected chi connectivity index (χ0v) is 19.3. The molecule has 0 aliphatic carbocycles. The Balaban J connectivity index is 1.56. The van der Waals surface area contributed by atoms with E-state index < -0.39 is 34.0 Å². The SMILES string of the molecule is CCCS(=O)Nc1ccc(F)c(C(=O)c2c[nH]c3ncc(-c4ccc5nccnc5c4)cc23)c1F. The minimum atomic E-state index is -1.55. The van der Waals surface area contributed by atoms with Crippen molar-refractivity contribution in [3.8, 4) is 11.1 Å². The first-order valence-electron chi connectivity index (χ1n) is 10.8. The molecule has 1 unspecified atom stereocenters. The predicted octanol–water partition coefficient (Wildman–Crippen LogP) is 5.17. The van der Waals surface area contributed by atoms with Gasteiger partial charge in [-0.1, -0.05) is 13.0 Å². The first-order chi connectivity index (χ1) is 17.0. The number of carbonyl (C=O) groups is 1. The Labute approximate surface area is 201 Å². The summed E-state index contributed by atoms with van der Waals surface area (Å²) in [6.07, 6.45) is 6.84. The molecule has 5 aromatic rings. The maximum absolute atomic E-state index is 15.2. The molecule has 0 aliphatic rings. The van der Waals surface area contributed by atoms with Crippen molar-refractivity contribution < 1.29 is 17.8 Å². The lowest BCUT2D eigenvalue weighted by Crippen LogP contribution is -2.13. The predicted molar refractivity (Wildman–Crippen MR) is 131 cm³/mol. The van der Waals surface area contributed by atoms with Crippen LogP contribution < -0.4 is 4.72 Å². The van der Waals surface area contributed by atoms with Gasteiger partial charge in [-0.2, -0.15) is 0 Å². The van der Waals surface area contributed by atoms with Gasteiger partial charge in [0.1, 0.15) is 22.5 Å². The van der Waals surface area contributed by atoms with Gasteiger partial charge in [0.2, 0.25) is 5.78 Å². The van der Waals surface area contributed by atoms with Crippen LogP contribution >= 0.6 is 0 Å². The van der Waals surface area contributed by atoms with Crippen molar-refractivity contribution in [1.29, 1.82) is 0 Å². The smallest absolute Gasteiger partial charge is 0.201 e. The molecule has 3 heterocycles. The Morgan fingerprint density at radius 1 is 1.03 bits per heavy atom. The Morgan fingerprint density at radius 2 is 1.83 bits per heavy atom. The molecule has 5 rings (SSSR count). The number of anilines is 1. The third-order valence-corrected chi connectivity index (χ3v) is 6.74. The molecule has 3 aromatic heterocycles. The molecule has 0 saturated heterocycles. The topological polar surface area (TPSA) is 101 Å². The largest absolute Gasteiger partial charge is 0.345 e. The highest BCUT2D eigenvalue weighted by molar-refractivity contribution is 7.86. The van der Waals surface area contributed by atoms with E-state index in [9.17, 15) is 13.4 Å². The van der Waals surface area contributed by atoms with E-state index in [4.69, 9.17) is 0 Å². The molecular weight excluding hydrogens is 472 g/mol. The van der Waals surface area contributed by atoms with Crippen LogP contribution in [0.1, 0.15) is 29.3 Å². The molecule has 0 fully saturated rings. The number of rotatable bonds is 7. The second-order valence-electron chi connectivity index (χ2n) is 7.85. The van der Waals surface area contributed by atoms with Gasteiger partial charge in [0.05, 0.1) is 22.3 Å². The van der Waals surface area contributed by atoms with Gasteiger partial charge in [-0.25, -0.2) is 18.0 Å². The van der Waals surface area contributed by atoms with Gasteiger partial charge >= 0.3 is 0 Å². The highest BCUT2D eigenvalue weighted by Crippen LogP contribution is 2.30. The van der Waals surface area contributed by atoms with Crippen LogP contribution in [0.25, 0.3) is 33.2 Å². The number of H-pyrrole nitrogens is 1. The van der Waals surface area contributed by atoms with Crippen LogP contribution in [0.5, 0.6) is 0 Å². The van der Waals surface area contributed by atoms with Gasteiger partial charge in [0.15, 0.2) is 5.82 Å². The number of pyridine rings is 1. The van der Waals surface area contributed by atoms with E-state index in [-0.39, 0.29) is 17.0 Å². The lowest BCUT2D eigenvalue weighted by atomic mass is 9.99. The molecule has 2 N–H and O–H groups in total. The monoisotopic (exact) mass is 491 g/mol. The van der Waals surface area contributed by atoms with E-state index in [2.05, 4.69) is 24.7 Å². The van der Waals surface area contributed by atoms with Crippen LogP contribution in [0.15, 0.2) is 61.2 Å². The zero-order valence-electron chi connectivity index (χ0n) is 18.5. The van der Waals surface area contributed by atoms with Gasteiger partial charge in [-0.3, -0.25) is 14.8 Å². The summed E-state index contributed by atoms with van der Waals surface area (Å²) < 4.78 is 44.3. The molecule has 0 radical (unpaired) electrons. The molecule has 0 saturated carbocycles. The fraction of sp³-hybridized carbons (Fsp3) is 0.120. The second-order valence-corrected chi connectivity index (χ2v) is 9.15. The number of ketones is 1. The van der Waals surface area contributed by atoms with Crippen molar-refractivity contribution in [2.24, 2.45) is 0 Å². The van der Waals surface area contributed by atoms with Crippen molar-refractivity contribution in [3.63, 3.8) is 0 Å². The Kier molecular flexibility index (Phi) is 6.04. The zero-order chi connectivity index (χ0) is 24.5. The summed E-state index contributed by atoms with van der Waals surface area (Å²) in [5, 5.41) is 0.415. The average molecular weight is 492 g/mol. The Hall–Kier alpha value is -4.05. The Bertz CT molecular complexity index is 1620. The number of hydrogen-bond donors (Lipinski definition) is 2. The van der Waals surface area contributed by atoms with E-state index in [1.807, 2.05) is 25.1 Å². The number of fused-ring (bicyclic) bond motifs is 2. The fourth-order valence-corrected chi connectivity index (χ4v) is 4.70. The van der Waals surface area contributed by atoms with Crippen LogP contribution in [0.4, 0.5) is 14.5 Å². The summed E-state index contributed by atoms with van der Waals surface area (Å²) in [7, 11) is -1.55. The third kappa shape index (κ3) is 4.28. The number of nitrogens with one attached hydrogen (secondary N) is 2. The first kappa shape index (κ1) is 22.7. The Morgan fingerprint density at radius 3 is 2.63 bits per heavy atom. The van der Waals surface area contributed by atoms with Crippen molar-refractivity contribution >= 4 is 44.5 Å². The average Bonchev–Trinajstić information content (AvgIpc) is 3.29. The minimum Gasteiger partial charge on any atom is -0.345 e. The van der Waals surface area contributed by atoms with Gasteiger partial charge in [0.25, 0.3) is 0 Å². The normalized spacial score (nSPS) is 12.2. The summed E-state index contributed by atoms with van der Waals surface area (Å²) >= 11 is 0. The van der Waals surface area contributed by atoms with E-state index >= 15 is 4.39 Å². The lowest BCUT2D eigenvalue weighted by molar-refractivity contribution is 0.103. The number of halogens is 2. The summed E-state index contributed by atoms with van der Waals surface area (Å²) in [6, 6.07) is 9.39. The van der Waals surface area contributed by atoms with Gasteiger partial charge in [-0.05, 0) is 42.3 Å². The number of hydrogen-bond acceptors (Lipinski definition) is 5. The molecule has 0 bridgehead atoms. The van der Waals surface area contributed by atoms with E-state index in [0.717, 1.165) is 23.2 Å². The number of aromatic amines is 1. The van der Waals surface area contributed by atoms with Crippen LogP contribution in [-0.2, 0) is 11.0 Å². The van der Waals surface area contributed by atoms with E-state index in [0.29, 0.717) is 28.5 Å². The molecule has 0 aliphatic heterocycles. The van der Waals surface area contributed by atoms with Crippen LogP contribution in [0, 0.1) is 11.6 Å². The second kappa shape index (κ2) is 9.30. The third-order valence-electron chi connectivity index (χ3n) is 5.51. The molecule has 2 aromatic carbocycles. The molecule has 1 atom stereocenters. The number of aromatic nitrogens is 4.